The Morgan fingerprint density at radius 3 is 2.68 bits per heavy atom. The summed E-state index contributed by atoms with van der Waals surface area (Å²) in [5.74, 6) is -0.438. The van der Waals surface area contributed by atoms with E-state index in [1.165, 1.54) is 12.8 Å². The number of carboxylic acid groups (broad SMARTS) is 1. The smallest absolute Gasteiger partial charge is 0.314 e. The van der Waals surface area contributed by atoms with Gasteiger partial charge in [0, 0.05) is 7.11 Å². The van der Waals surface area contributed by atoms with Crippen LogP contribution in [0.15, 0.2) is 9.75 Å². The van der Waals surface area contributed by atoms with Crippen molar-refractivity contribution in [1.82, 2.24) is 10.1 Å². The van der Waals surface area contributed by atoms with E-state index in [4.69, 9.17) is 14.4 Å². The van der Waals surface area contributed by atoms with E-state index < -0.39 is 11.6 Å². The highest BCUT2D eigenvalue weighted by atomic mass is 32.2. The van der Waals surface area contributed by atoms with E-state index in [1.807, 2.05) is 0 Å². The highest BCUT2D eigenvalue weighted by Crippen LogP contribution is 2.38. The number of aliphatic carboxylic acids is 1. The van der Waals surface area contributed by atoms with E-state index >= 15 is 0 Å². The minimum atomic E-state index is -0.902. The third-order valence-electron chi connectivity index (χ3n) is 3.44. The van der Waals surface area contributed by atoms with E-state index in [-0.39, 0.29) is 11.0 Å². The van der Waals surface area contributed by atoms with Gasteiger partial charge in [0.25, 0.3) is 5.22 Å². The summed E-state index contributed by atoms with van der Waals surface area (Å²) in [6.07, 6.45) is 6.32. The molecule has 6 nitrogen and oxygen atoms in total. The molecular weight excluding hydrogens is 268 g/mol. The summed E-state index contributed by atoms with van der Waals surface area (Å²) in [4.78, 5) is 14.8. The molecule has 0 saturated heterocycles. The fourth-order valence-corrected chi connectivity index (χ4v) is 2.88. The number of hydrogen-bond acceptors (Lipinski definition) is 6. The normalized spacial score (nSPS) is 19.0. The average Bonchev–Trinajstić information content (AvgIpc) is 2.74. The van der Waals surface area contributed by atoms with E-state index in [0.717, 1.165) is 37.4 Å². The summed E-state index contributed by atoms with van der Waals surface area (Å²) >= 11 is 1.03. The third-order valence-corrected chi connectivity index (χ3v) is 4.24. The summed E-state index contributed by atoms with van der Waals surface area (Å²) in [7, 11) is 1.67. The zero-order valence-electron chi connectivity index (χ0n) is 10.9. The lowest BCUT2D eigenvalue weighted by Gasteiger charge is -2.27. The van der Waals surface area contributed by atoms with Crippen LogP contribution in [0.25, 0.3) is 0 Å². The van der Waals surface area contributed by atoms with Crippen molar-refractivity contribution >= 4 is 17.7 Å². The number of methoxy groups -OCH3 is 1. The summed E-state index contributed by atoms with van der Waals surface area (Å²) in [6, 6.07) is 0. The third kappa shape index (κ3) is 3.48. The molecule has 1 heterocycles. The molecule has 1 aromatic heterocycles. The fourth-order valence-electron chi connectivity index (χ4n) is 2.40. The molecule has 1 N–H and O–H groups in total. The number of aromatic nitrogens is 2. The van der Waals surface area contributed by atoms with Crippen LogP contribution >= 0.6 is 11.8 Å². The summed E-state index contributed by atoms with van der Waals surface area (Å²) in [6.45, 7) is 0. The Hall–Kier alpha value is -1.08. The fraction of sp³-hybridized carbons (Fsp3) is 0.750. The van der Waals surface area contributed by atoms with Crippen LogP contribution < -0.4 is 0 Å². The number of thioether (sulfide) groups is 1. The van der Waals surface area contributed by atoms with Crippen LogP contribution in [-0.4, -0.2) is 34.1 Å². The van der Waals surface area contributed by atoms with Crippen molar-refractivity contribution in [3.05, 3.63) is 5.82 Å². The van der Waals surface area contributed by atoms with Crippen molar-refractivity contribution < 1.29 is 19.2 Å². The maximum Gasteiger partial charge on any atom is 0.314 e. The Morgan fingerprint density at radius 2 is 2.11 bits per heavy atom. The lowest BCUT2D eigenvalue weighted by atomic mass is 9.93. The molecule has 2 rings (SSSR count). The molecule has 1 aliphatic rings. The molecule has 1 fully saturated rings. The SMILES string of the molecule is COC1(c2noc(SCC(=O)O)n2)CCCCCC1. The molecule has 0 amide bonds. The van der Waals surface area contributed by atoms with Crippen molar-refractivity contribution in [3.8, 4) is 0 Å². The molecular formula is C12H18N2O4S. The van der Waals surface area contributed by atoms with E-state index in [9.17, 15) is 4.79 Å². The van der Waals surface area contributed by atoms with Crippen LogP contribution in [0.5, 0.6) is 0 Å². The van der Waals surface area contributed by atoms with Crippen LogP contribution in [0.3, 0.4) is 0 Å². The Bertz CT molecular complexity index is 427. The van der Waals surface area contributed by atoms with Gasteiger partial charge < -0.3 is 14.4 Å². The Kier molecular flexibility index (Phi) is 4.81. The number of carbonyl (C=O) groups is 1. The van der Waals surface area contributed by atoms with Gasteiger partial charge in [-0.15, -0.1) is 0 Å². The largest absolute Gasteiger partial charge is 0.481 e. The summed E-state index contributed by atoms with van der Waals surface area (Å²) < 4.78 is 10.8. The van der Waals surface area contributed by atoms with Crippen LogP contribution in [-0.2, 0) is 15.1 Å². The number of nitrogens with zero attached hydrogens (tertiary/aromatic N) is 2. The van der Waals surface area contributed by atoms with Gasteiger partial charge in [0.15, 0.2) is 0 Å². The number of ether oxygens (including phenoxy) is 1. The predicted molar refractivity (Wildman–Crippen MR) is 69.0 cm³/mol. The van der Waals surface area contributed by atoms with Gasteiger partial charge in [-0.25, -0.2) is 0 Å². The summed E-state index contributed by atoms with van der Waals surface area (Å²) in [5.41, 5.74) is -0.470. The molecule has 0 bridgehead atoms. The number of hydrogen-bond donors (Lipinski definition) is 1. The average molecular weight is 286 g/mol. The minimum Gasteiger partial charge on any atom is -0.481 e. The van der Waals surface area contributed by atoms with Crippen molar-refractivity contribution in [2.24, 2.45) is 0 Å². The van der Waals surface area contributed by atoms with Crippen LogP contribution in [0, 0.1) is 0 Å². The molecule has 7 heteroatoms. The standard InChI is InChI=1S/C12H18N2O4S/c1-17-12(6-4-2-3-5-7-12)10-13-11(18-14-10)19-8-9(15)16/h2-8H2,1H3,(H,15,16). The van der Waals surface area contributed by atoms with Gasteiger partial charge in [-0.2, -0.15) is 4.98 Å². The zero-order chi connectivity index (χ0) is 13.7. The van der Waals surface area contributed by atoms with Crippen LogP contribution in [0.2, 0.25) is 0 Å². The first-order valence-electron chi connectivity index (χ1n) is 6.40. The molecule has 106 valence electrons. The molecule has 0 aromatic carbocycles. The van der Waals surface area contributed by atoms with Gasteiger partial charge in [-0.1, -0.05) is 42.6 Å². The molecule has 0 atom stereocenters. The predicted octanol–water partition coefficient (Wildman–Crippen LogP) is 2.44. The van der Waals surface area contributed by atoms with Crippen LogP contribution in [0.4, 0.5) is 0 Å². The van der Waals surface area contributed by atoms with Gasteiger partial charge in [0.1, 0.15) is 11.4 Å². The molecule has 0 radical (unpaired) electrons. The quantitative estimate of drug-likeness (QED) is 0.657. The second-order valence-electron chi connectivity index (χ2n) is 4.68. The van der Waals surface area contributed by atoms with Gasteiger partial charge in [-0.3, -0.25) is 4.79 Å². The van der Waals surface area contributed by atoms with E-state index in [1.54, 1.807) is 7.11 Å². The first-order valence-corrected chi connectivity index (χ1v) is 7.39. The van der Waals surface area contributed by atoms with Gasteiger partial charge >= 0.3 is 5.97 Å². The van der Waals surface area contributed by atoms with Crippen molar-refractivity contribution in [3.63, 3.8) is 0 Å². The van der Waals surface area contributed by atoms with Crippen molar-refractivity contribution in [1.29, 1.82) is 0 Å². The van der Waals surface area contributed by atoms with Crippen molar-refractivity contribution in [2.75, 3.05) is 12.9 Å². The van der Waals surface area contributed by atoms with Crippen molar-refractivity contribution in [2.45, 2.75) is 49.3 Å². The number of carboxylic acids is 1. The van der Waals surface area contributed by atoms with Gasteiger partial charge in [-0.05, 0) is 12.8 Å². The first-order chi connectivity index (χ1) is 9.16. The summed E-state index contributed by atoms with van der Waals surface area (Å²) in [5, 5.41) is 12.9. The van der Waals surface area contributed by atoms with Crippen LogP contribution in [0.1, 0.15) is 44.3 Å². The van der Waals surface area contributed by atoms with E-state index in [0.29, 0.717) is 5.82 Å². The maximum atomic E-state index is 10.5. The molecule has 0 aliphatic heterocycles. The zero-order valence-corrected chi connectivity index (χ0v) is 11.7. The molecule has 0 spiro atoms. The Morgan fingerprint density at radius 1 is 1.42 bits per heavy atom. The Balaban J connectivity index is 2.11. The minimum absolute atomic E-state index is 0.0817. The van der Waals surface area contributed by atoms with E-state index in [2.05, 4.69) is 10.1 Å². The highest BCUT2D eigenvalue weighted by Gasteiger charge is 2.37. The molecule has 19 heavy (non-hydrogen) atoms. The number of rotatable bonds is 5. The lowest BCUT2D eigenvalue weighted by molar-refractivity contribution is -0.133. The van der Waals surface area contributed by atoms with Gasteiger partial charge in [0.05, 0.1) is 0 Å². The second kappa shape index (κ2) is 6.38. The lowest BCUT2D eigenvalue weighted by Crippen LogP contribution is -2.29. The monoisotopic (exact) mass is 286 g/mol. The topological polar surface area (TPSA) is 85.5 Å². The molecule has 1 saturated carbocycles. The second-order valence-corrected chi connectivity index (χ2v) is 5.61. The highest BCUT2D eigenvalue weighted by molar-refractivity contribution is 7.99. The molecule has 0 unspecified atom stereocenters. The molecule has 1 aromatic rings. The molecule has 1 aliphatic carbocycles. The maximum absolute atomic E-state index is 10.5. The first kappa shape index (κ1) is 14.3. The van der Waals surface area contributed by atoms with Gasteiger partial charge in [0.2, 0.25) is 5.82 Å². The Labute approximate surface area is 115 Å².